The molecule has 1 aromatic rings. The summed E-state index contributed by atoms with van der Waals surface area (Å²) < 4.78 is 0. The van der Waals surface area contributed by atoms with Crippen molar-refractivity contribution in [1.29, 1.82) is 0 Å². The Morgan fingerprint density at radius 3 is 2.74 bits per heavy atom. The molecule has 0 bridgehead atoms. The number of aromatic hydroxyl groups is 1. The summed E-state index contributed by atoms with van der Waals surface area (Å²) in [6.45, 7) is 6.74. The van der Waals surface area contributed by atoms with Crippen LogP contribution in [0.4, 0.5) is 0 Å². The third-order valence-corrected chi connectivity index (χ3v) is 7.92. The minimum Gasteiger partial charge on any atom is -0.508 e. The summed E-state index contributed by atoms with van der Waals surface area (Å²) in [5, 5.41) is 20.9. The van der Waals surface area contributed by atoms with E-state index < -0.39 is 5.60 Å². The van der Waals surface area contributed by atoms with Gasteiger partial charge in [-0.15, -0.1) is 0 Å². The first kappa shape index (κ1) is 15.5. The molecule has 1 aromatic carbocycles. The fourth-order valence-electron chi connectivity index (χ4n) is 6.49. The van der Waals surface area contributed by atoms with E-state index in [1.54, 1.807) is 0 Å². The van der Waals surface area contributed by atoms with Gasteiger partial charge in [-0.05, 0) is 91.4 Å². The second kappa shape index (κ2) is 4.99. The summed E-state index contributed by atoms with van der Waals surface area (Å²) >= 11 is 0. The van der Waals surface area contributed by atoms with Crippen molar-refractivity contribution in [2.45, 2.75) is 70.8 Å². The molecule has 0 aromatic heterocycles. The molecule has 23 heavy (non-hydrogen) atoms. The van der Waals surface area contributed by atoms with Crippen molar-refractivity contribution in [1.82, 2.24) is 0 Å². The summed E-state index contributed by atoms with van der Waals surface area (Å²) in [7, 11) is 0. The maximum atomic E-state index is 11.1. The van der Waals surface area contributed by atoms with Crippen LogP contribution >= 0.6 is 0 Å². The third-order valence-electron chi connectivity index (χ3n) is 7.92. The predicted molar refractivity (Wildman–Crippen MR) is 92.5 cm³/mol. The Morgan fingerprint density at radius 2 is 2.00 bits per heavy atom. The van der Waals surface area contributed by atoms with Gasteiger partial charge in [0.15, 0.2) is 0 Å². The van der Waals surface area contributed by atoms with Crippen molar-refractivity contribution in [3.8, 4) is 5.75 Å². The quantitative estimate of drug-likeness (QED) is 0.793. The molecule has 2 saturated carbocycles. The van der Waals surface area contributed by atoms with Crippen LogP contribution in [-0.4, -0.2) is 15.8 Å². The van der Waals surface area contributed by atoms with Crippen LogP contribution in [0.25, 0.3) is 0 Å². The van der Waals surface area contributed by atoms with Crippen molar-refractivity contribution in [2.75, 3.05) is 0 Å². The molecule has 0 heterocycles. The average molecular weight is 314 g/mol. The second-order valence-electron chi connectivity index (χ2n) is 8.82. The van der Waals surface area contributed by atoms with E-state index in [-0.39, 0.29) is 5.41 Å². The molecule has 126 valence electrons. The van der Waals surface area contributed by atoms with Gasteiger partial charge in [-0.2, -0.15) is 0 Å². The Morgan fingerprint density at radius 1 is 1.22 bits per heavy atom. The Labute approximate surface area is 139 Å². The van der Waals surface area contributed by atoms with Gasteiger partial charge in [0, 0.05) is 0 Å². The van der Waals surface area contributed by atoms with Crippen LogP contribution in [0.15, 0.2) is 18.2 Å². The molecular weight excluding hydrogens is 284 g/mol. The smallest absolute Gasteiger partial charge is 0.115 e. The molecule has 3 aliphatic carbocycles. The molecule has 0 saturated heterocycles. The van der Waals surface area contributed by atoms with Gasteiger partial charge >= 0.3 is 0 Å². The number of phenols is 1. The first-order valence-electron chi connectivity index (χ1n) is 9.41. The average Bonchev–Trinajstić information content (AvgIpc) is 2.76. The van der Waals surface area contributed by atoms with Crippen LogP contribution in [0.5, 0.6) is 5.75 Å². The van der Waals surface area contributed by atoms with E-state index in [0.29, 0.717) is 29.4 Å². The summed E-state index contributed by atoms with van der Waals surface area (Å²) in [5.74, 6) is 3.02. The molecule has 0 radical (unpaired) electrons. The Bertz CT molecular complexity index is 620. The Hall–Kier alpha value is -1.02. The normalized spacial score (nSPS) is 45.2. The molecule has 2 N–H and O–H groups in total. The lowest BCUT2D eigenvalue weighted by atomic mass is 9.50. The Kier molecular flexibility index (Phi) is 3.36. The van der Waals surface area contributed by atoms with Gasteiger partial charge in [0.1, 0.15) is 5.75 Å². The topological polar surface area (TPSA) is 40.5 Å². The minimum atomic E-state index is -0.509. The summed E-state index contributed by atoms with van der Waals surface area (Å²) in [4.78, 5) is 0. The van der Waals surface area contributed by atoms with E-state index in [1.165, 1.54) is 30.4 Å². The van der Waals surface area contributed by atoms with Gasteiger partial charge in [0.2, 0.25) is 0 Å². The number of hydrogen-bond acceptors (Lipinski definition) is 2. The fourth-order valence-corrected chi connectivity index (χ4v) is 6.49. The molecule has 0 amide bonds. The van der Waals surface area contributed by atoms with Gasteiger partial charge in [0.25, 0.3) is 0 Å². The summed E-state index contributed by atoms with van der Waals surface area (Å²) in [6, 6.07) is 6.03. The monoisotopic (exact) mass is 314 g/mol. The summed E-state index contributed by atoms with van der Waals surface area (Å²) in [6.07, 6.45) is 6.75. The van der Waals surface area contributed by atoms with Crippen molar-refractivity contribution >= 4 is 0 Å². The van der Waals surface area contributed by atoms with Crippen LogP contribution in [0.1, 0.15) is 69.9 Å². The Balaban J connectivity index is 1.79. The molecule has 2 nitrogen and oxygen atoms in total. The lowest BCUT2D eigenvalue weighted by molar-refractivity contribution is -0.107. The zero-order valence-corrected chi connectivity index (χ0v) is 14.7. The number of benzene rings is 1. The lowest BCUT2D eigenvalue weighted by Crippen LogP contribution is -2.52. The molecule has 0 aliphatic heterocycles. The SMILES string of the molecule is CC[C@H]1C[C@@]2(C)C(CC[C@]2(C)O)C2CCc3cc(O)ccc3C21. The number of hydrogen-bond donors (Lipinski definition) is 2. The van der Waals surface area contributed by atoms with Crippen molar-refractivity contribution in [2.24, 2.45) is 23.2 Å². The highest BCUT2D eigenvalue weighted by Crippen LogP contribution is 2.66. The molecule has 6 atom stereocenters. The van der Waals surface area contributed by atoms with Gasteiger partial charge < -0.3 is 10.2 Å². The molecule has 0 spiro atoms. The van der Waals surface area contributed by atoms with Crippen LogP contribution in [0.2, 0.25) is 0 Å². The maximum Gasteiger partial charge on any atom is 0.115 e. The highest BCUT2D eigenvalue weighted by Gasteiger charge is 2.61. The molecule has 2 fully saturated rings. The van der Waals surface area contributed by atoms with Crippen molar-refractivity contribution in [3.63, 3.8) is 0 Å². The van der Waals surface area contributed by atoms with Crippen LogP contribution in [0.3, 0.4) is 0 Å². The standard InChI is InChI=1S/C21H30O2/c1-4-13-12-20(2)18(9-10-21(20,3)23)17-7-5-14-11-15(22)6-8-16(14)19(13)17/h6,8,11,13,17-19,22-23H,4-5,7,9-10,12H2,1-3H3/t13-,17?,18?,19?,20-,21-/m0/s1. The second-order valence-corrected chi connectivity index (χ2v) is 8.82. The highest BCUT2D eigenvalue weighted by atomic mass is 16.3. The number of aliphatic hydroxyl groups is 1. The van der Waals surface area contributed by atoms with Gasteiger partial charge in [-0.25, -0.2) is 0 Å². The number of rotatable bonds is 1. The van der Waals surface area contributed by atoms with Crippen LogP contribution < -0.4 is 0 Å². The lowest BCUT2D eigenvalue weighted by Gasteiger charge is -2.56. The predicted octanol–water partition coefficient (Wildman–Crippen LogP) is 4.64. The van der Waals surface area contributed by atoms with E-state index >= 15 is 0 Å². The number of phenolic OH excluding ortho intramolecular Hbond substituents is 1. The third kappa shape index (κ3) is 2.03. The highest BCUT2D eigenvalue weighted by molar-refractivity contribution is 5.40. The number of fused-ring (bicyclic) bond motifs is 5. The van der Waals surface area contributed by atoms with E-state index in [1.807, 2.05) is 12.1 Å². The molecule has 3 aliphatic rings. The first-order valence-corrected chi connectivity index (χ1v) is 9.41. The number of aryl methyl sites for hydroxylation is 1. The van der Waals surface area contributed by atoms with Crippen LogP contribution in [0, 0.1) is 23.2 Å². The zero-order chi connectivity index (χ0) is 16.4. The van der Waals surface area contributed by atoms with Gasteiger partial charge in [-0.3, -0.25) is 0 Å². The molecule has 4 rings (SSSR count). The van der Waals surface area contributed by atoms with Crippen LogP contribution in [-0.2, 0) is 6.42 Å². The van der Waals surface area contributed by atoms with Gasteiger partial charge in [0.05, 0.1) is 5.60 Å². The molecular formula is C21H30O2. The first-order chi connectivity index (χ1) is 10.9. The van der Waals surface area contributed by atoms with E-state index in [2.05, 4.69) is 26.8 Å². The maximum absolute atomic E-state index is 11.1. The largest absolute Gasteiger partial charge is 0.508 e. The summed E-state index contributed by atoms with van der Waals surface area (Å²) in [5.41, 5.74) is 2.41. The molecule has 2 heteroatoms. The fraction of sp³-hybridized carbons (Fsp3) is 0.714. The van der Waals surface area contributed by atoms with Gasteiger partial charge in [-0.1, -0.05) is 26.3 Å². The van der Waals surface area contributed by atoms with Crippen molar-refractivity contribution < 1.29 is 10.2 Å². The molecule has 3 unspecified atom stereocenters. The van der Waals surface area contributed by atoms with E-state index in [9.17, 15) is 10.2 Å². The van der Waals surface area contributed by atoms with Crippen molar-refractivity contribution in [3.05, 3.63) is 29.3 Å². The van der Waals surface area contributed by atoms with E-state index in [0.717, 1.165) is 19.3 Å². The minimum absolute atomic E-state index is 0.0727. The van der Waals surface area contributed by atoms with E-state index in [4.69, 9.17) is 0 Å². The zero-order valence-electron chi connectivity index (χ0n) is 14.7.